The lowest BCUT2D eigenvalue weighted by Crippen LogP contribution is -2.16. The third kappa shape index (κ3) is 3.98. The highest BCUT2D eigenvalue weighted by Crippen LogP contribution is 2.35. The van der Waals surface area contributed by atoms with Gasteiger partial charge in [-0.1, -0.05) is 60.1 Å². The molecule has 3 aromatic rings. The molecule has 3 aromatic carbocycles. The van der Waals surface area contributed by atoms with Crippen LogP contribution in [-0.2, 0) is 4.84 Å². The Morgan fingerprint density at radius 1 is 0.750 bits per heavy atom. The van der Waals surface area contributed by atoms with Crippen LogP contribution in [0.3, 0.4) is 0 Å². The van der Waals surface area contributed by atoms with Crippen LogP contribution in [0.1, 0.15) is 0 Å². The Bertz CT molecular complexity index is 794. The van der Waals surface area contributed by atoms with Gasteiger partial charge in [-0.15, -0.1) is 5.11 Å². The van der Waals surface area contributed by atoms with Crippen molar-refractivity contribution >= 4 is 34.4 Å². The maximum atomic E-state index is 5.80. The lowest BCUT2D eigenvalue weighted by molar-refractivity contribution is 0.182. The number of anilines is 2. The average Bonchev–Trinajstić information content (AvgIpc) is 2.66. The number of para-hydroxylation sites is 2. The van der Waals surface area contributed by atoms with Crippen molar-refractivity contribution in [3.05, 3.63) is 84.9 Å². The molecular formula is C19H16ClN3O. The zero-order valence-electron chi connectivity index (χ0n) is 12.9. The second-order valence-electron chi connectivity index (χ2n) is 4.89. The van der Waals surface area contributed by atoms with E-state index < -0.39 is 0 Å². The van der Waals surface area contributed by atoms with E-state index in [-0.39, 0.29) is 6.07 Å². The topological polar surface area (TPSA) is 37.2 Å². The molecule has 3 rings (SSSR count). The SMILES string of the molecule is ClCON(c1ccccc1)c1ccccc1N=Nc1ccccc1. The molecule has 0 saturated carbocycles. The van der Waals surface area contributed by atoms with E-state index in [2.05, 4.69) is 10.2 Å². The molecule has 0 spiro atoms. The molecule has 0 aliphatic rings. The number of hydrogen-bond acceptors (Lipinski definition) is 4. The van der Waals surface area contributed by atoms with E-state index in [0.717, 1.165) is 17.1 Å². The van der Waals surface area contributed by atoms with Crippen LogP contribution in [0.15, 0.2) is 95.2 Å². The molecule has 0 aliphatic heterocycles. The number of alkyl halides is 1. The van der Waals surface area contributed by atoms with Gasteiger partial charge in [0.05, 0.1) is 17.1 Å². The van der Waals surface area contributed by atoms with Gasteiger partial charge in [-0.2, -0.15) is 5.11 Å². The summed E-state index contributed by atoms with van der Waals surface area (Å²) >= 11 is 5.80. The van der Waals surface area contributed by atoms with E-state index in [0.29, 0.717) is 5.69 Å². The molecule has 0 bridgehead atoms. The Hall–Kier alpha value is -2.69. The van der Waals surface area contributed by atoms with Gasteiger partial charge in [-0.3, -0.25) is 4.84 Å². The smallest absolute Gasteiger partial charge is 0.149 e. The summed E-state index contributed by atoms with van der Waals surface area (Å²) in [6.07, 6.45) is 0. The molecule has 0 aliphatic carbocycles. The third-order valence-electron chi connectivity index (χ3n) is 3.30. The average molecular weight is 338 g/mol. The Balaban J connectivity index is 1.96. The van der Waals surface area contributed by atoms with Gasteiger partial charge in [0.25, 0.3) is 0 Å². The minimum absolute atomic E-state index is 0.0268. The van der Waals surface area contributed by atoms with Crippen molar-refractivity contribution in [1.29, 1.82) is 0 Å². The molecule has 0 atom stereocenters. The van der Waals surface area contributed by atoms with Gasteiger partial charge in [-0.25, -0.2) is 5.06 Å². The fourth-order valence-corrected chi connectivity index (χ4v) is 2.32. The summed E-state index contributed by atoms with van der Waals surface area (Å²) < 4.78 is 0. The number of halogens is 1. The predicted molar refractivity (Wildman–Crippen MR) is 97.4 cm³/mol. The largest absolute Gasteiger partial charge is 0.252 e. The van der Waals surface area contributed by atoms with E-state index in [1.165, 1.54) is 0 Å². The molecule has 24 heavy (non-hydrogen) atoms. The molecular weight excluding hydrogens is 322 g/mol. The van der Waals surface area contributed by atoms with Gasteiger partial charge < -0.3 is 0 Å². The predicted octanol–water partition coefficient (Wildman–Crippen LogP) is 6.37. The Morgan fingerprint density at radius 3 is 2.08 bits per heavy atom. The van der Waals surface area contributed by atoms with Crippen molar-refractivity contribution in [2.75, 3.05) is 11.1 Å². The highest BCUT2D eigenvalue weighted by molar-refractivity contribution is 6.17. The highest BCUT2D eigenvalue weighted by Gasteiger charge is 2.13. The molecule has 0 N–H and O–H groups in total. The second-order valence-corrected chi connectivity index (χ2v) is 5.11. The van der Waals surface area contributed by atoms with E-state index in [4.69, 9.17) is 16.4 Å². The summed E-state index contributed by atoms with van der Waals surface area (Å²) in [7, 11) is 0. The van der Waals surface area contributed by atoms with Crippen molar-refractivity contribution < 1.29 is 4.84 Å². The molecule has 0 saturated heterocycles. The molecule has 0 unspecified atom stereocenters. The molecule has 4 nitrogen and oxygen atoms in total. The number of azo groups is 1. The van der Waals surface area contributed by atoms with Crippen LogP contribution in [-0.4, -0.2) is 6.07 Å². The summed E-state index contributed by atoms with van der Waals surface area (Å²) in [5.74, 6) is 0. The first-order chi connectivity index (χ1) is 11.9. The normalized spacial score (nSPS) is 10.9. The van der Waals surface area contributed by atoms with Crippen LogP contribution in [0.4, 0.5) is 22.7 Å². The summed E-state index contributed by atoms with van der Waals surface area (Å²) in [6.45, 7) is 0. The lowest BCUT2D eigenvalue weighted by Gasteiger charge is -2.23. The minimum atomic E-state index is 0.0268. The van der Waals surface area contributed by atoms with Gasteiger partial charge in [0, 0.05) is 0 Å². The number of hydrogen-bond donors (Lipinski definition) is 0. The maximum absolute atomic E-state index is 5.80. The van der Waals surface area contributed by atoms with E-state index in [9.17, 15) is 0 Å². The number of nitrogens with zero attached hydrogens (tertiary/aromatic N) is 3. The summed E-state index contributed by atoms with van der Waals surface area (Å²) in [4.78, 5) is 5.60. The quantitative estimate of drug-likeness (QED) is 0.298. The monoisotopic (exact) mass is 337 g/mol. The van der Waals surface area contributed by atoms with Crippen LogP contribution in [0.2, 0.25) is 0 Å². The highest BCUT2D eigenvalue weighted by atomic mass is 35.5. The number of rotatable bonds is 6. The van der Waals surface area contributed by atoms with Crippen molar-refractivity contribution in [1.82, 2.24) is 0 Å². The van der Waals surface area contributed by atoms with E-state index >= 15 is 0 Å². The van der Waals surface area contributed by atoms with Crippen LogP contribution in [0, 0.1) is 0 Å². The van der Waals surface area contributed by atoms with Gasteiger partial charge >= 0.3 is 0 Å². The Kier molecular flexibility index (Phi) is 5.56. The standard InChI is InChI=1S/C19H16ClN3O/c20-15-24-23(17-11-5-2-6-12-17)19-14-8-7-13-18(19)22-21-16-9-3-1-4-10-16/h1-14H,15H2. The van der Waals surface area contributed by atoms with Crippen LogP contribution >= 0.6 is 11.6 Å². The van der Waals surface area contributed by atoms with Crippen LogP contribution < -0.4 is 5.06 Å². The van der Waals surface area contributed by atoms with Gasteiger partial charge in [0.15, 0.2) is 0 Å². The van der Waals surface area contributed by atoms with Crippen molar-refractivity contribution in [2.24, 2.45) is 10.2 Å². The second kappa shape index (κ2) is 8.24. The molecule has 0 heterocycles. The van der Waals surface area contributed by atoms with Crippen molar-refractivity contribution in [3.63, 3.8) is 0 Å². The fourth-order valence-electron chi connectivity index (χ4n) is 2.22. The first-order valence-corrected chi connectivity index (χ1v) is 8.02. The van der Waals surface area contributed by atoms with E-state index in [1.807, 2.05) is 84.9 Å². The first-order valence-electron chi connectivity index (χ1n) is 7.48. The molecule has 0 amide bonds. The maximum Gasteiger partial charge on any atom is 0.149 e. The number of benzene rings is 3. The lowest BCUT2D eigenvalue weighted by atomic mass is 10.2. The molecule has 0 aromatic heterocycles. The molecule has 120 valence electrons. The Morgan fingerprint density at radius 2 is 1.38 bits per heavy atom. The van der Waals surface area contributed by atoms with Gasteiger partial charge in [0.1, 0.15) is 11.8 Å². The van der Waals surface area contributed by atoms with E-state index in [1.54, 1.807) is 5.06 Å². The van der Waals surface area contributed by atoms with Gasteiger partial charge in [0.2, 0.25) is 0 Å². The first kappa shape index (κ1) is 16.2. The van der Waals surface area contributed by atoms with Crippen LogP contribution in [0.25, 0.3) is 0 Å². The van der Waals surface area contributed by atoms with Crippen molar-refractivity contribution in [3.8, 4) is 0 Å². The van der Waals surface area contributed by atoms with Crippen molar-refractivity contribution in [2.45, 2.75) is 0 Å². The summed E-state index contributed by atoms with van der Waals surface area (Å²) in [6, 6.07) is 27.0. The molecule has 0 radical (unpaired) electrons. The Labute approximate surface area is 145 Å². The van der Waals surface area contributed by atoms with Crippen LogP contribution in [0.5, 0.6) is 0 Å². The zero-order valence-corrected chi connectivity index (χ0v) is 13.7. The minimum Gasteiger partial charge on any atom is -0.252 e. The zero-order chi connectivity index (χ0) is 16.6. The third-order valence-corrected chi connectivity index (χ3v) is 3.40. The fraction of sp³-hybridized carbons (Fsp3) is 0.0526. The molecule has 5 heteroatoms. The summed E-state index contributed by atoms with van der Waals surface area (Å²) in [5.41, 5.74) is 3.11. The molecule has 0 fully saturated rings. The van der Waals surface area contributed by atoms with Gasteiger partial charge in [-0.05, 0) is 36.4 Å². The summed E-state index contributed by atoms with van der Waals surface area (Å²) in [5, 5.41) is 10.3.